The van der Waals surface area contributed by atoms with Crippen molar-refractivity contribution >= 4 is 18.0 Å². The number of rotatable bonds is 10. The summed E-state index contributed by atoms with van der Waals surface area (Å²) in [7, 11) is 0. The van der Waals surface area contributed by atoms with E-state index >= 15 is 0 Å². The van der Waals surface area contributed by atoms with Crippen LogP contribution in [0.1, 0.15) is 42.7 Å². The smallest absolute Gasteiger partial charge is 0.407 e. The molecule has 3 aliphatic carbocycles. The van der Waals surface area contributed by atoms with E-state index in [1.54, 1.807) is 0 Å². The van der Waals surface area contributed by atoms with Crippen LogP contribution in [0.25, 0.3) is 11.1 Å². The van der Waals surface area contributed by atoms with Crippen LogP contribution >= 0.6 is 0 Å². The first-order valence-corrected chi connectivity index (χ1v) is 12.1. The van der Waals surface area contributed by atoms with Crippen LogP contribution in [0, 0.1) is 23.7 Å². The molecule has 5 rings (SSSR count). The number of hydrogen-bond donors (Lipinski definition) is 3. The average molecular weight is 463 g/mol. The normalized spacial score (nSPS) is 21.2. The number of fused-ring (bicyclic) bond motifs is 3. The van der Waals surface area contributed by atoms with Gasteiger partial charge < -0.3 is 20.5 Å². The Morgan fingerprint density at radius 3 is 2.24 bits per heavy atom. The Balaban J connectivity index is 1.05. The number of benzene rings is 2. The van der Waals surface area contributed by atoms with E-state index in [2.05, 4.69) is 34.9 Å². The fourth-order valence-corrected chi connectivity index (χ4v) is 5.22. The lowest BCUT2D eigenvalue weighted by Crippen LogP contribution is -2.34. The van der Waals surface area contributed by atoms with E-state index in [0.717, 1.165) is 19.3 Å². The van der Waals surface area contributed by atoms with Crippen molar-refractivity contribution in [2.45, 2.75) is 31.6 Å². The number of carboxylic acids is 1. The molecule has 34 heavy (non-hydrogen) atoms. The van der Waals surface area contributed by atoms with E-state index < -0.39 is 12.1 Å². The van der Waals surface area contributed by atoms with Crippen molar-refractivity contribution in [2.24, 2.45) is 23.7 Å². The zero-order chi connectivity index (χ0) is 23.7. The molecule has 0 radical (unpaired) electrons. The first kappa shape index (κ1) is 22.4. The molecular weight excluding hydrogens is 432 g/mol. The van der Waals surface area contributed by atoms with Gasteiger partial charge in [0.05, 0.1) is 6.42 Å². The fraction of sp³-hybridized carbons (Fsp3) is 0.444. The highest BCUT2D eigenvalue weighted by Crippen LogP contribution is 2.44. The number of amides is 2. The van der Waals surface area contributed by atoms with E-state index in [1.165, 1.54) is 22.3 Å². The van der Waals surface area contributed by atoms with Gasteiger partial charge in [-0.05, 0) is 59.3 Å². The van der Waals surface area contributed by atoms with Gasteiger partial charge in [-0.3, -0.25) is 9.59 Å². The molecule has 7 heteroatoms. The Labute approximate surface area is 198 Å². The molecule has 3 N–H and O–H groups in total. The third-order valence-electron chi connectivity index (χ3n) is 7.38. The molecule has 0 aliphatic heterocycles. The number of carbonyl (C=O) groups is 3. The van der Waals surface area contributed by atoms with Crippen molar-refractivity contribution in [1.29, 1.82) is 0 Å². The molecule has 2 amide bonds. The third kappa shape index (κ3) is 4.93. The second-order valence-corrected chi connectivity index (χ2v) is 9.75. The summed E-state index contributed by atoms with van der Waals surface area (Å²) in [6, 6.07) is 16.4. The van der Waals surface area contributed by atoms with Crippen LogP contribution in [-0.2, 0) is 14.3 Å². The van der Waals surface area contributed by atoms with Crippen LogP contribution in [-0.4, -0.2) is 42.8 Å². The molecule has 2 saturated carbocycles. The zero-order valence-corrected chi connectivity index (χ0v) is 19.0. The molecule has 0 aromatic heterocycles. The van der Waals surface area contributed by atoms with Gasteiger partial charge in [0.2, 0.25) is 5.91 Å². The maximum absolute atomic E-state index is 12.4. The number of ether oxygens (including phenoxy) is 1. The lowest BCUT2D eigenvalue weighted by molar-refractivity contribution is -0.138. The van der Waals surface area contributed by atoms with Gasteiger partial charge in [-0.15, -0.1) is 0 Å². The first-order valence-electron chi connectivity index (χ1n) is 12.1. The topological polar surface area (TPSA) is 105 Å². The monoisotopic (exact) mass is 462 g/mol. The standard InChI is InChI=1S/C27H30N2O5/c30-25(31)12-17(16-9-10-16)13-28-26(32)23-11-18(23)14-29-27(33)34-15-24-21-7-3-1-5-19(21)20-6-2-4-8-22(20)24/h1-8,16-18,23-24H,9-15H2,(H,28,32)(H,29,33)(H,30,31)/t17?,18-,23-/m1/s1. The quantitative estimate of drug-likeness (QED) is 0.498. The SMILES string of the molecule is O=C(O)CC(CNC(=O)[C@@H]1C[C@@H]1CNC(=O)OCC1c2ccccc2-c2ccccc21)C1CC1. The summed E-state index contributed by atoms with van der Waals surface area (Å²) in [5.74, 6) is -0.446. The maximum Gasteiger partial charge on any atom is 0.407 e. The number of nitrogens with one attached hydrogen (secondary N) is 2. The molecule has 0 spiro atoms. The molecule has 0 bridgehead atoms. The van der Waals surface area contributed by atoms with Crippen LogP contribution in [0.5, 0.6) is 0 Å². The Morgan fingerprint density at radius 2 is 1.62 bits per heavy atom. The van der Waals surface area contributed by atoms with Gasteiger partial charge in [0.15, 0.2) is 0 Å². The molecule has 178 valence electrons. The van der Waals surface area contributed by atoms with Crippen molar-refractivity contribution in [3.05, 3.63) is 59.7 Å². The first-order chi connectivity index (χ1) is 16.5. The molecule has 0 heterocycles. The van der Waals surface area contributed by atoms with Crippen molar-refractivity contribution < 1.29 is 24.2 Å². The maximum atomic E-state index is 12.4. The summed E-state index contributed by atoms with van der Waals surface area (Å²) < 4.78 is 5.56. The van der Waals surface area contributed by atoms with E-state index in [1.807, 2.05) is 24.3 Å². The highest BCUT2D eigenvalue weighted by Gasteiger charge is 2.43. The minimum Gasteiger partial charge on any atom is -0.481 e. The summed E-state index contributed by atoms with van der Waals surface area (Å²) in [5.41, 5.74) is 4.71. The number of hydrogen-bond acceptors (Lipinski definition) is 4. The van der Waals surface area contributed by atoms with Crippen LogP contribution in [0.4, 0.5) is 4.79 Å². The number of carbonyl (C=O) groups excluding carboxylic acids is 2. The molecule has 7 nitrogen and oxygen atoms in total. The Kier molecular flexibility index (Phi) is 6.26. The second-order valence-electron chi connectivity index (χ2n) is 9.75. The fourth-order valence-electron chi connectivity index (χ4n) is 5.22. The summed E-state index contributed by atoms with van der Waals surface area (Å²) in [6.45, 7) is 1.08. The van der Waals surface area contributed by atoms with Gasteiger partial charge in [0.1, 0.15) is 6.61 Å². The lowest BCUT2D eigenvalue weighted by Gasteiger charge is -2.15. The summed E-state index contributed by atoms with van der Waals surface area (Å²) in [5, 5.41) is 14.8. The lowest BCUT2D eigenvalue weighted by atomic mass is 9.98. The summed E-state index contributed by atoms with van der Waals surface area (Å²) in [4.78, 5) is 35.8. The van der Waals surface area contributed by atoms with E-state index in [4.69, 9.17) is 9.84 Å². The van der Waals surface area contributed by atoms with Crippen LogP contribution in [0.15, 0.2) is 48.5 Å². The van der Waals surface area contributed by atoms with Crippen molar-refractivity contribution in [3.8, 4) is 11.1 Å². The van der Waals surface area contributed by atoms with Crippen molar-refractivity contribution in [2.75, 3.05) is 19.7 Å². The zero-order valence-electron chi connectivity index (χ0n) is 19.0. The van der Waals surface area contributed by atoms with Crippen LogP contribution < -0.4 is 10.6 Å². The van der Waals surface area contributed by atoms with Crippen LogP contribution in [0.2, 0.25) is 0 Å². The van der Waals surface area contributed by atoms with Gasteiger partial charge >= 0.3 is 12.1 Å². The molecule has 3 atom stereocenters. The Hall–Kier alpha value is -3.35. The molecule has 3 aliphatic rings. The minimum atomic E-state index is -0.817. The van der Waals surface area contributed by atoms with Gasteiger partial charge in [-0.25, -0.2) is 4.79 Å². The average Bonchev–Trinajstić information content (AvgIpc) is 3.76. The number of alkyl carbamates (subject to hydrolysis) is 1. The Morgan fingerprint density at radius 1 is 0.971 bits per heavy atom. The van der Waals surface area contributed by atoms with Crippen molar-refractivity contribution in [3.63, 3.8) is 0 Å². The van der Waals surface area contributed by atoms with Gasteiger partial charge in [0, 0.05) is 24.9 Å². The molecule has 2 aromatic rings. The van der Waals surface area contributed by atoms with Gasteiger partial charge in [-0.1, -0.05) is 48.5 Å². The minimum absolute atomic E-state index is 0.0117. The molecular formula is C27H30N2O5. The summed E-state index contributed by atoms with van der Waals surface area (Å²) in [6.07, 6.45) is 2.45. The predicted octanol–water partition coefficient (Wildman–Crippen LogP) is 3.78. The van der Waals surface area contributed by atoms with E-state index in [-0.39, 0.29) is 42.6 Å². The van der Waals surface area contributed by atoms with Crippen LogP contribution in [0.3, 0.4) is 0 Å². The highest BCUT2D eigenvalue weighted by molar-refractivity contribution is 5.82. The number of aliphatic carboxylic acids is 1. The number of carboxylic acid groups (broad SMARTS) is 1. The van der Waals surface area contributed by atoms with Crippen molar-refractivity contribution in [1.82, 2.24) is 10.6 Å². The molecule has 0 saturated heterocycles. The predicted molar refractivity (Wildman–Crippen MR) is 126 cm³/mol. The van der Waals surface area contributed by atoms with Gasteiger partial charge in [0.25, 0.3) is 0 Å². The van der Waals surface area contributed by atoms with Gasteiger partial charge in [-0.2, -0.15) is 0 Å². The summed E-state index contributed by atoms with van der Waals surface area (Å²) >= 11 is 0. The van der Waals surface area contributed by atoms with E-state index in [9.17, 15) is 14.4 Å². The second kappa shape index (κ2) is 9.49. The molecule has 2 aromatic carbocycles. The third-order valence-corrected chi connectivity index (χ3v) is 7.38. The van der Waals surface area contributed by atoms with E-state index in [0.29, 0.717) is 19.0 Å². The molecule has 1 unspecified atom stereocenters. The molecule has 2 fully saturated rings. The highest BCUT2D eigenvalue weighted by atomic mass is 16.5. The Bertz CT molecular complexity index is 1050. The largest absolute Gasteiger partial charge is 0.481 e.